The first-order valence-corrected chi connectivity index (χ1v) is 10.9. The normalized spacial score (nSPS) is 17.5. The maximum absolute atomic E-state index is 13.1. The molecule has 1 aliphatic rings. The second kappa shape index (κ2) is 8.91. The van der Waals surface area contributed by atoms with Gasteiger partial charge in [0.05, 0.1) is 16.2 Å². The summed E-state index contributed by atoms with van der Waals surface area (Å²) in [6.45, 7) is 7.70. The maximum atomic E-state index is 13.1. The Bertz CT molecular complexity index is 856. The number of para-hydroxylation sites is 1. The number of carbonyl (C=O) groups is 1. The molecule has 1 aliphatic heterocycles. The Kier molecular flexibility index (Phi) is 6.58. The molecule has 1 aromatic carbocycles. The Labute approximate surface area is 165 Å². The van der Waals surface area contributed by atoms with Crippen molar-refractivity contribution in [3.05, 3.63) is 34.6 Å². The Morgan fingerprint density at radius 1 is 1.15 bits per heavy atom. The molecular formula is C21H29N3O2S. The molecule has 2 heterocycles. The van der Waals surface area contributed by atoms with Gasteiger partial charge in [-0.3, -0.25) is 14.2 Å². The summed E-state index contributed by atoms with van der Waals surface area (Å²) in [6, 6.07) is 7.48. The van der Waals surface area contributed by atoms with Crippen LogP contribution in [0.15, 0.2) is 34.2 Å². The third-order valence-electron chi connectivity index (χ3n) is 5.35. The van der Waals surface area contributed by atoms with Crippen LogP contribution >= 0.6 is 11.8 Å². The van der Waals surface area contributed by atoms with Gasteiger partial charge in [0.15, 0.2) is 5.16 Å². The van der Waals surface area contributed by atoms with Crippen molar-refractivity contribution in [3.63, 3.8) is 0 Å². The minimum Gasteiger partial charge on any atom is -0.342 e. The molecule has 1 amide bonds. The van der Waals surface area contributed by atoms with Gasteiger partial charge < -0.3 is 4.90 Å². The predicted molar refractivity (Wildman–Crippen MR) is 111 cm³/mol. The molecule has 2 aromatic rings. The van der Waals surface area contributed by atoms with E-state index >= 15 is 0 Å². The molecule has 1 aromatic heterocycles. The summed E-state index contributed by atoms with van der Waals surface area (Å²) < 4.78 is 1.76. The molecule has 0 aliphatic carbocycles. The van der Waals surface area contributed by atoms with Crippen LogP contribution in [-0.2, 0) is 4.79 Å². The zero-order chi connectivity index (χ0) is 19.4. The van der Waals surface area contributed by atoms with Crippen LogP contribution in [0.2, 0.25) is 0 Å². The summed E-state index contributed by atoms with van der Waals surface area (Å²) in [6.07, 6.45) is 5.39. The SMILES string of the molecule is CC[C@H](C)n1c(S[C@@H](C)C(=O)N2CCCCCC2)nc2ccccc2c1=O. The summed E-state index contributed by atoms with van der Waals surface area (Å²) in [5.41, 5.74) is 0.672. The zero-order valence-electron chi connectivity index (χ0n) is 16.5. The van der Waals surface area contributed by atoms with Crippen molar-refractivity contribution in [2.24, 2.45) is 0 Å². The van der Waals surface area contributed by atoms with Gasteiger partial charge in [-0.2, -0.15) is 0 Å². The zero-order valence-corrected chi connectivity index (χ0v) is 17.3. The first-order valence-electron chi connectivity index (χ1n) is 9.99. The van der Waals surface area contributed by atoms with Gasteiger partial charge in [-0.05, 0) is 45.2 Å². The fourth-order valence-corrected chi connectivity index (χ4v) is 4.63. The number of thioether (sulfide) groups is 1. The quantitative estimate of drug-likeness (QED) is 0.568. The smallest absolute Gasteiger partial charge is 0.262 e. The Hall–Kier alpha value is -1.82. The van der Waals surface area contributed by atoms with Crippen molar-refractivity contribution in [3.8, 4) is 0 Å². The average Bonchev–Trinajstić information content (AvgIpc) is 2.96. The molecule has 1 saturated heterocycles. The van der Waals surface area contributed by atoms with Crippen molar-refractivity contribution >= 4 is 28.6 Å². The summed E-state index contributed by atoms with van der Waals surface area (Å²) in [5.74, 6) is 0.153. The monoisotopic (exact) mass is 387 g/mol. The molecule has 0 spiro atoms. The van der Waals surface area contributed by atoms with Gasteiger partial charge in [0, 0.05) is 19.1 Å². The Morgan fingerprint density at radius 3 is 2.48 bits per heavy atom. The fourth-order valence-electron chi connectivity index (χ4n) is 3.54. The lowest BCUT2D eigenvalue weighted by molar-refractivity contribution is -0.130. The molecular weight excluding hydrogens is 358 g/mol. The molecule has 0 bridgehead atoms. The van der Waals surface area contributed by atoms with Crippen molar-refractivity contribution < 1.29 is 4.79 Å². The lowest BCUT2D eigenvalue weighted by Crippen LogP contribution is -2.37. The van der Waals surface area contributed by atoms with E-state index in [-0.39, 0.29) is 22.8 Å². The van der Waals surface area contributed by atoms with Crippen LogP contribution < -0.4 is 5.56 Å². The lowest BCUT2D eigenvalue weighted by Gasteiger charge is -2.25. The lowest BCUT2D eigenvalue weighted by atomic mass is 10.2. The van der Waals surface area contributed by atoms with E-state index < -0.39 is 0 Å². The molecule has 2 atom stereocenters. The summed E-state index contributed by atoms with van der Waals surface area (Å²) in [4.78, 5) is 32.7. The number of carbonyl (C=O) groups excluding carboxylic acids is 1. The fraction of sp³-hybridized carbons (Fsp3) is 0.571. The number of amides is 1. The topological polar surface area (TPSA) is 55.2 Å². The van der Waals surface area contributed by atoms with Gasteiger partial charge in [-0.15, -0.1) is 0 Å². The van der Waals surface area contributed by atoms with Gasteiger partial charge in [0.2, 0.25) is 5.91 Å². The standard InChI is InChI=1S/C21H29N3O2S/c1-4-15(2)24-20(26)17-11-7-8-12-18(17)22-21(24)27-16(3)19(25)23-13-9-5-6-10-14-23/h7-8,11-12,15-16H,4-6,9-10,13-14H2,1-3H3/t15-,16-/m0/s1. The molecule has 3 rings (SSSR count). The van der Waals surface area contributed by atoms with Gasteiger partial charge in [-0.1, -0.05) is 43.7 Å². The van der Waals surface area contributed by atoms with Gasteiger partial charge in [-0.25, -0.2) is 4.98 Å². The molecule has 6 heteroatoms. The number of hydrogen-bond acceptors (Lipinski definition) is 4. The third kappa shape index (κ3) is 4.37. The Morgan fingerprint density at radius 2 is 1.81 bits per heavy atom. The second-order valence-corrected chi connectivity index (χ2v) is 8.65. The van der Waals surface area contributed by atoms with Crippen LogP contribution in [0.3, 0.4) is 0 Å². The average molecular weight is 388 g/mol. The molecule has 0 radical (unpaired) electrons. The maximum Gasteiger partial charge on any atom is 0.262 e. The Balaban J connectivity index is 1.92. The number of hydrogen-bond donors (Lipinski definition) is 0. The van der Waals surface area contributed by atoms with Crippen molar-refractivity contribution in [2.45, 2.75) is 69.3 Å². The van der Waals surface area contributed by atoms with Crippen LogP contribution in [0, 0.1) is 0 Å². The van der Waals surface area contributed by atoms with Crippen molar-refractivity contribution in [1.82, 2.24) is 14.5 Å². The van der Waals surface area contributed by atoms with Crippen LogP contribution in [0.5, 0.6) is 0 Å². The van der Waals surface area contributed by atoms with E-state index in [0.717, 1.165) is 32.4 Å². The highest BCUT2D eigenvalue weighted by Crippen LogP contribution is 2.27. The number of benzene rings is 1. The van der Waals surface area contributed by atoms with Crippen LogP contribution in [0.4, 0.5) is 0 Å². The van der Waals surface area contributed by atoms with Crippen LogP contribution in [0.1, 0.15) is 58.9 Å². The number of likely N-dealkylation sites (tertiary alicyclic amines) is 1. The minimum atomic E-state index is -0.258. The molecule has 0 unspecified atom stereocenters. The molecule has 1 fully saturated rings. The van der Waals surface area contributed by atoms with Crippen LogP contribution in [0.25, 0.3) is 10.9 Å². The van der Waals surface area contributed by atoms with E-state index in [1.165, 1.54) is 24.6 Å². The van der Waals surface area contributed by atoms with Crippen molar-refractivity contribution in [1.29, 1.82) is 0 Å². The van der Waals surface area contributed by atoms with E-state index in [2.05, 4.69) is 6.92 Å². The molecule has 27 heavy (non-hydrogen) atoms. The summed E-state index contributed by atoms with van der Waals surface area (Å²) in [7, 11) is 0. The van der Waals surface area contributed by atoms with E-state index in [9.17, 15) is 9.59 Å². The van der Waals surface area contributed by atoms with E-state index in [1.807, 2.05) is 43.0 Å². The number of fused-ring (bicyclic) bond motifs is 1. The largest absolute Gasteiger partial charge is 0.342 e. The first kappa shape index (κ1) is 19.9. The first-order chi connectivity index (χ1) is 13.0. The highest BCUT2D eigenvalue weighted by atomic mass is 32.2. The third-order valence-corrected chi connectivity index (χ3v) is 6.41. The number of rotatable bonds is 5. The van der Waals surface area contributed by atoms with Crippen LogP contribution in [-0.4, -0.2) is 38.7 Å². The summed E-state index contributed by atoms with van der Waals surface area (Å²) in [5, 5.41) is 1.02. The number of aromatic nitrogens is 2. The number of nitrogens with zero attached hydrogens (tertiary/aromatic N) is 3. The molecule has 5 nitrogen and oxygen atoms in total. The highest BCUT2D eigenvalue weighted by Gasteiger charge is 2.25. The summed E-state index contributed by atoms with van der Waals surface area (Å²) >= 11 is 1.41. The highest BCUT2D eigenvalue weighted by molar-refractivity contribution is 8.00. The van der Waals surface area contributed by atoms with Gasteiger partial charge in [0.25, 0.3) is 5.56 Å². The van der Waals surface area contributed by atoms with E-state index in [4.69, 9.17) is 4.98 Å². The second-order valence-electron chi connectivity index (χ2n) is 7.34. The predicted octanol–water partition coefficient (Wildman–Crippen LogP) is 4.25. The molecule has 0 N–H and O–H groups in total. The van der Waals surface area contributed by atoms with E-state index in [1.54, 1.807) is 4.57 Å². The molecule has 0 saturated carbocycles. The molecule has 146 valence electrons. The van der Waals surface area contributed by atoms with Crippen molar-refractivity contribution in [2.75, 3.05) is 13.1 Å². The minimum absolute atomic E-state index is 0.0214. The van der Waals surface area contributed by atoms with E-state index in [0.29, 0.717) is 16.1 Å². The van der Waals surface area contributed by atoms with Gasteiger partial charge in [0.1, 0.15) is 0 Å². The van der Waals surface area contributed by atoms with Gasteiger partial charge >= 0.3 is 0 Å².